The minimum absolute atomic E-state index is 0.0784. The van der Waals surface area contributed by atoms with E-state index in [0.29, 0.717) is 6.42 Å². The third-order valence-electron chi connectivity index (χ3n) is 8.52. The first-order chi connectivity index (χ1) is 22.9. The molecule has 0 aromatic heterocycles. The van der Waals surface area contributed by atoms with Crippen LogP contribution >= 0.6 is 7.82 Å². The van der Waals surface area contributed by atoms with E-state index in [4.69, 9.17) is 14.8 Å². The van der Waals surface area contributed by atoms with Gasteiger partial charge in [-0.15, -0.1) is 0 Å². The van der Waals surface area contributed by atoms with Crippen molar-refractivity contribution in [2.75, 3.05) is 19.8 Å². The molecule has 3 unspecified atom stereocenters. The molecule has 0 saturated heterocycles. The second-order valence-corrected chi connectivity index (χ2v) is 14.6. The van der Waals surface area contributed by atoms with Crippen LogP contribution in [0.5, 0.6) is 0 Å². The number of hydrogen-bond donors (Lipinski definition) is 4. The number of phosphoric acid groups is 1. The third-order valence-corrected chi connectivity index (χ3v) is 9.51. The number of unbranched alkanes of at least 4 members (excludes halogenated alkanes) is 22. The zero-order chi connectivity index (χ0) is 34.7. The molecule has 0 aromatic rings. The Bertz CT molecular complexity index is 794. The summed E-state index contributed by atoms with van der Waals surface area (Å²) in [6, 6.07) is -0.855. The van der Waals surface area contributed by atoms with Crippen molar-refractivity contribution in [2.24, 2.45) is 5.73 Å². The van der Waals surface area contributed by atoms with Gasteiger partial charge in [-0.1, -0.05) is 154 Å². The monoisotopic (exact) mass is 687 g/mol. The lowest BCUT2D eigenvalue weighted by atomic mass is 10.0. The Kier molecular flexibility index (Phi) is 34.1. The molecule has 0 rings (SSSR count). The Balaban J connectivity index is 4.05. The van der Waals surface area contributed by atoms with E-state index in [2.05, 4.69) is 31.3 Å². The smallest absolute Gasteiger partial charge is 0.387 e. The average molecular weight is 687 g/mol. The summed E-state index contributed by atoms with van der Waals surface area (Å²) < 4.78 is 21.9. The van der Waals surface area contributed by atoms with Crippen LogP contribution < -0.4 is 11.1 Å². The lowest BCUT2D eigenvalue weighted by Crippen LogP contribution is -2.45. The number of hydrogen-bond acceptors (Lipinski definition) is 6. The fourth-order valence-corrected chi connectivity index (χ4v) is 6.30. The van der Waals surface area contributed by atoms with Crippen molar-refractivity contribution in [2.45, 2.75) is 193 Å². The van der Waals surface area contributed by atoms with Gasteiger partial charge in [-0.25, -0.2) is 4.57 Å². The van der Waals surface area contributed by atoms with Crippen LogP contribution in [0.15, 0.2) is 24.3 Å². The number of rotatable bonds is 36. The lowest BCUT2D eigenvalue weighted by Gasteiger charge is -2.23. The Hall–Kier alpha value is -1.02. The van der Waals surface area contributed by atoms with Gasteiger partial charge >= 0.3 is 7.82 Å². The number of nitrogens with one attached hydrogen (secondary N) is 1. The summed E-state index contributed by atoms with van der Waals surface area (Å²) in [4.78, 5) is 22.5. The lowest BCUT2D eigenvalue weighted by molar-refractivity contribution is -0.123. The molecule has 0 aromatic carbocycles. The van der Waals surface area contributed by atoms with E-state index in [1.807, 2.05) is 6.08 Å². The summed E-state index contributed by atoms with van der Waals surface area (Å²) in [5.41, 5.74) is 5.34. The average Bonchev–Trinajstić information content (AvgIpc) is 3.05. The predicted molar refractivity (Wildman–Crippen MR) is 198 cm³/mol. The first kappa shape index (κ1) is 46.0. The molecule has 3 atom stereocenters. The number of amides is 1. The van der Waals surface area contributed by atoms with Crippen LogP contribution in [0.2, 0.25) is 0 Å². The number of nitrogens with two attached hydrogens (primary N) is 1. The molecule has 0 saturated carbocycles. The number of carbonyl (C=O) groups is 1. The van der Waals surface area contributed by atoms with Gasteiger partial charge in [0.15, 0.2) is 0 Å². The van der Waals surface area contributed by atoms with Crippen LogP contribution in [0, 0.1) is 0 Å². The normalized spacial score (nSPS) is 14.6. The summed E-state index contributed by atoms with van der Waals surface area (Å²) in [5, 5.41) is 13.5. The first-order valence-electron chi connectivity index (χ1n) is 19.5. The Morgan fingerprint density at radius 3 is 1.57 bits per heavy atom. The molecular weight excluding hydrogens is 611 g/mol. The van der Waals surface area contributed by atoms with Crippen molar-refractivity contribution < 1.29 is 28.4 Å². The molecule has 0 aliphatic rings. The molecule has 8 nitrogen and oxygen atoms in total. The standard InChI is InChI=1S/C38H75N2O6P/c1-3-5-7-9-11-12-13-14-15-16-17-18-19-20-21-22-23-24-26-28-30-32-38(42)40-36(35-46-47(43,44)45-34-33-39)37(41)31-29-27-25-10-8-6-4-2/h16-17,29,31,36-37,41H,3-15,18-28,30,32-35,39H2,1-2H3,(H,40,42)(H,43,44)/b17-16-,31-29+. The van der Waals surface area contributed by atoms with Crippen LogP contribution in [0.25, 0.3) is 0 Å². The van der Waals surface area contributed by atoms with E-state index >= 15 is 0 Å². The van der Waals surface area contributed by atoms with Gasteiger partial charge in [-0.2, -0.15) is 0 Å². The summed E-state index contributed by atoms with van der Waals surface area (Å²) in [5.74, 6) is -0.201. The SMILES string of the molecule is CCCCCCC/C=C/C(O)C(COP(=O)(O)OCCN)NC(=O)CCCCCCCCCCC/C=C\CCCCCCCCCC. The maximum Gasteiger partial charge on any atom is 0.472 e. The highest BCUT2D eigenvalue weighted by Crippen LogP contribution is 2.43. The summed E-state index contributed by atoms with van der Waals surface area (Å²) in [6.07, 6.45) is 38.2. The van der Waals surface area contributed by atoms with Gasteiger partial charge in [0.1, 0.15) is 0 Å². The van der Waals surface area contributed by atoms with Crippen molar-refractivity contribution in [1.82, 2.24) is 5.32 Å². The third kappa shape index (κ3) is 33.3. The maximum atomic E-state index is 12.6. The molecule has 1 amide bonds. The van der Waals surface area contributed by atoms with E-state index in [0.717, 1.165) is 38.5 Å². The van der Waals surface area contributed by atoms with Crippen LogP contribution in [-0.4, -0.2) is 47.8 Å². The molecule has 0 radical (unpaired) electrons. The molecule has 9 heteroatoms. The zero-order valence-corrected chi connectivity index (χ0v) is 31.4. The minimum atomic E-state index is -4.32. The van der Waals surface area contributed by atoms with E-state index < -0.39 is 20.0 Å². The van der Waals surface area contributed by atoms with Crippen molar-refractivity contribution >= 4 is 13.7 Å². The topological polar surface area (TPSA) is 131 Å². The van der Waals surface area contributed by atoms with Crippen molar-refractivity contribution in [3.05, 3.63) is 24.3 Å². The van der Waals surface area contributed by atoms with E-state index in [-0.39, 0.29) is 25.7 Å². The van der Waals surface area contributed by atoms with E-state index in [1.165, 1.54) is 122 Å². The second-order valence-electron chi connectivity index (χ2n) is 13.1. The van der Waals surface area contributed by atoms with Gasteiger partial charge in [0.25, 0.3) is 0 Å². The van der Waals surface area contributed by atoms with Gasteiger partial charge in [0, 0.05) is 13.0 Å². The number of aliphatic hydroxyl groups is 1. The fourth-order valence-electron chi connectivity index (χ4n) is 5.54. The number of aliphatic hydroxyl groups excluding tert-OH is 1. The molecule has 5 N–H and O–H groups in total. The Morgan fingerprint density at radius 2 is 1.11 bits per heavy atom. The Labute approximate surface area is 289 Å². The highest BCUT2D eigenvalue weighted by atomic mass is 31.2. The van der Waals surface area contributed by atoms with Gasteiger partial charge in [-0.3, -0.25) is 13.8 Å². The number of carbonyl (C=O) groups excluding carboxylic acids is 1. The molecule has 0 fully saturated rings. The summed E-state index contributed by atoms with van der Waals surface area (Å²) >= 11 is 0. The van der Waals surface area contributed by atoms with Crippen molar-refractivity contribution in [3.63, 3.8) is 0 Å². The summed E-state index contributed by atoms with van der Waals surface area (Å²) in [6.45, 7) is 4.06. The molecule has 0 bridgehead atoms. The first-order valence-corrected chi connectivity index (χ1v) is 21.0. The molecule has 0 aliphatic heterocycles. The minimum Gasteiger partial charge on any atom is -0.387 e. The molecule has 278 valence electrons. The molecule has 0 heterocycles. The number of phosphoric ester groups is 1. The molecule has 47 heavy (non-hydrogen) atoms. The Morgan fingerprint density at radius 1 is 0.681 bits per heavy atom. The van der Waals surface area contributed by atoms with E-state index in [1.54, 1.807) is 6.08 Å². The fraction of sp³-hybridized carbons (Fsp3) is 0.868. The van der Waals surface area contributed by atoms with Crippen LogP contribution in [0.4, 0.5) is 0 Å². The zero-order valence-electron chi connectivity index (χ0n) is 30.5. The van der Waals surface area contributed by atoms with Crippen molar-refractivity contribution in [1.29, 1.82) is 0 Å². The van der Waals surface area contributed by atoms with Crippen LogP contribution in [0.3, 0.4) is 0 Å². The second kappa shape index (κ2) is 34.8. The molecule has 0 spiro atoms. The predicted octanol–water partition coefficient (Wildman–Crippen LogP) is 10.2. The van der Waals surface area contributed by atoms with Gasteiger partial charge in [-0.05, 0) is 44.9 Å². The van der Waals surface area contributed by atoms with Crippen LogP contribution in [-0.2, 0) is 18.4 Å². The van der Waals surface area contributed by atoms with Gasteiger partial charge in [0.2, 0.25) is 5.91 Å². The number of allylic oxidation sites excluding steroid dienone is 3. The molecule has 0 aliphatic carbocycles. The van der Waals surface area contributed by atoms with Gasteiger partial charge in [0.05, 0.1) is 25.4 Å². The summed E-state index contributed by atoms with van der Waals surface area (Å²) in [7, 11) is -4.32. The van der Waals surface area contributed by atoms with Gasteiger partial charge < -0.3 is 21.1 Å². The van der Waals surface area contributed by atoms with E-state index in [9.17, 15) is 19.4 Å². The largest absolute Gasteiger partial charge is 0.472 e. The van der Waals surface area contributed by atoms with Crippen LogP contribution in [0.1, 0.15) is 181 Å². The maximum absolute atomic E-state index is 12.6. The highest BCUT2D eigenvalue weighted by Gasteiger charge is 2.26. The molecular formula is C38H75N2O6P. The highest BCUT2D eigenvalue weighted by molar-refractivity contribution is 7.47. The van der Waals surface area contributed by atoms with Crippen molar-refractivity contribution in [3.8, 4) is 0 Å². The quantitative estimate of drug-likeness (QED) is 0.0293.